The number of hydrogen-bond donors (Lipinski definition) is 1. The van der Waals surface area contributed by atoms with Gasteiger partial charge < -0.3 is 9.88 Å². The van der Waals surface area contributed by atoms with E-state index in [2.05, 4.69) is 9.88 Å². The molecule has 5 heteroatoms. The number of rotatable bonds is 5. The van der Waals surface area contributed by atoms with Crippen LogP contribution in [0.5, 0.6) is 0 Å². The first-order valence-corrected chi connectivity index (χ1v) is 11.7. The highest BCUT2D eigenvalue weighted by molar-refractivity contribution is 6.47. The molecule has 1 aromatic heterocycles. The summed E-state index contributed by atoms with van der Waals surface area (Å²) in [5, 5.41) is 3.50. The van der Waals surface area contributed by atoms with Crippen molar-refractivity contribution in [1.29, 1.82) is 0 Å². The Labute approximate surface area is 194 Å². The highest BCUT2D eigenvalue weighted by atomic mass is 35.5. The Kier molecular flexibility index (Phi) is 6.80. The van der Waals surface area contributed by atoms with Gasteiger partial charge in [-0.05, 0) is 80.5 Å². The number of carbonyl (C=O) groups is 2. The van der Waals surface area contributed by atoms with Gasteiger partial charge in [-0.15, -0.1) is 0 Å². The summed E-state index contributed by atoms with van der Waals surface area (Å²) in [6.07, 6.45) is 6.25. The first-order chi connectivity index (χ1) is 15.4. The van der Waals surface area contributed by atoms with Gasteiger partial charge in [0, 0.05) is 28.6 Å². The number of ketones is 1. The van der Waals surface area contributed by atoms with Crippen LogP contribution in [0.1, 0.15) is 64.1 Å². The molecule has 3 aromatic rings. The monoisotopic (exact) mass is 448 g/mol. The van der Waals surface area contributed by atoms with E-state index in [1.54, 1.807) is 6.07 Å². The Morgan fingerprint density at radius 1 is 0.969 bits per heavy atom. The molecule has 2 aromatic carbocycles. The van der Waals surface area contributed by atoms with Crippen LogP contribution < -0.4 is 5.32 Å². The van der Waals surface area contributed by atoms with Crippen LogP contribution in [0.15, 0.2) is 48.5 Å². The van der Waals surface area contributed by atoms with Gasteiger partial charge in [0.15, 0.2) is 0 Å². The van der Waals surface area contributed by atoms with E-state index in [9.17, 15) is 9.59 Å². The van der Waals surface area contributed by atoms with Crippen molar-refractivity contribution in [2.75, 3.05) is 5.32 Å². The fourth-order valence-corrected chi connectivity index (χ4v) is 4.80. The Morgan fingerprint density at radius 2 is 1.69 bits per heavy atom. The van der Waals surface area contributed by atoms with Crippen molar-refractivity contribution in [2.24, 2.45) is 0 Å². The first kappa shape index (κ1) is 22.3. The number of benzene rings is 2. The van der Waals surface area contributed by atoms with Gasteiger partial charge in [-0.25, -0.2) is 0 Å². The zero-order valence-electron chi connectivity index (χ0n) is 18.7. The molecule has 1 heterocycles. The molecule has 166 valence electrons. The Balaban J connectivity index is 1.70. The normalized spacial score (nSPS) is 13.7. The zero-order chi connectivity index (χ0) is 22.7. The van der Waals surface area contributed by atoms with E-state index >= 15 is 0 Å². The zero-order valence-corrected chi connectivity index (χ0v) is 19.5. The maximum absolute atomic E-state index is 13.4. The van der Waals surface area contributed by atoms with Gasteiger partial charge in [-0.2, -0.15) is 0 Å². The lowest BCUT2D eigenvalue weighted by atomic mass is 9.94. The Morgan fingerprint density at radius 3 is 2.41 bits per heavy atom. The average molecular weight is 449 g/mol. The molecular weight excluding hydrogens is 420 g/mol. The molecule has 1 aliphatic carbocycles. The van der Waals surface area contributed by atoms with Gasteiger partial charge in [0.1, 0.15) is 0 Å². The fourth-order valence-electron chi connectivity index (χ4n) is 4.68. The third-order valence-electron chi connectivity index (χ3n) is 6.30. The number of halogens is 1. The number of carbonyl (C=O) groups excluding carboxylic acids is 2. The average Bonchev–Trinajstić information content (AvgIpc) is 2.99. The standard InChI is InChI=1S/C27H29ClN2O2/c1-18-8-7-9-22(16-18)29-27(32)26(31)25-19(2)30(17-20-12-14-21(28)15-13-20)24-11-6-4-3-5-10-23(24)25/h7-9,12-16H,3-6,10-11,17H2,1-2H3,(H,29,32). The minimum absolute atomic E-state index is 0.448. The maximum atomic E-state index is 13.4. The van der Waals surface area contributed by atoms with Crippen LogP contribution >= 0.6 is 11.6 Å². The summed E-state index contributed by atoms with van der Waals surface area (Å²) in [5.74, 6) is -1.03. The van der Waals surface area contributed by atoms with Crippen molar-refractivity contribution < 1.29 is 9.59 Å². The van der Waals surface area contributed by atoms with Crippen LogP contribution in [0.25, 0.3) is 0 Å². The van der Waals surface area contributed by atoms with Crippen LogP contribution in [0, 0.1) is 13.8 Å². The van der Waals surface area contributed by atoms with E-state index < -0.39 is 11.7 Å². The molecule has 0 saturated carbocycles. The van der Waals surface area contributed by atoms with Gasteiger partial charge in [-0.3, -0.25) is 9.59 Å². The van der Waals surface area contributed by atoms with Crippen molar-refractivity contribution in [2.45, 2.75) is 58.9 Å². The van der Waals surface area contributed by atoms with Crippen LogP contribution in [-0.4, -0.2) is 16.3 Å². The number of Topliss-reactive ketones (excluding diaryl/α,β-unsaturated/α-hetero) is 1. The first-order valence-electron chi connectivity index (χ1n) is 11.3. The predicted octanol–water partition coefficient (Wildman–Crippen LogP) is 6.29. The van der Waals surface area contributed by atoms with Gasteiger partial charge >= 0.3 is 0 Å². The van der Waals surface area contributed by atoms with Gasteiger partial charge in [0.2, 0.25) is 0 Å². The van der Waals surface area contributed by atoms with Crippen LogP contribution in [0.4, 0.5) is 5.69 Å². The second-order valence-corrected chi connectivity index (χ2v) is 9.10. The molecule has 0 spiro atoms. The lowest BCUT2D eigenvalue weighted by molar-refractivity contribution is -0.112. The van der Waals surface area contributed by atoms with E-state index in [4.69, 9.17) is 11.6 Å². The van der Waals surface area contributed by atoms with Crippen LogP contribution in [0.2, 0.25) is 5.02 Å². The molecule has 0 bridgehead atoms. The minimum Gasteiger partial charge on any atom is -0.343 e. The molecule has 0 saturated heterocycles. The molecule has 4 rings (SSSR count). The third-order valence-corrected chi connectivity index (χ3v) is 6.55. The number of aryl methyl sites for hydroxylation is 1. The predicted molar refractivity (Wildman–Crippen MR) is 130 cm³/mol. The van der Waals surface area contributed by atoms with Crippen molar-refractivity contribution in [3.63, 3.8) is 0 Å². The summed E-state index contributed by atoms with van der Waals surface area (Å²) in [6.45, 7) is 4.59. The fraction of sp³-hybridized carbons (Fsp3) is 0.333. The Bertz CT molecular complexity index is 1150. The molecule has 1 amide bonds. The summed E-state index contributed by atoms with van der Waals surface area (Å²) in [4.78, 5) is 26.3. The smallest absolute Gasteiger partial charge is 0.296 e. The molecule has 0 unspecified atom stereocenters. The highest BCUT2D eigenvalue weighted by Gasteiger charge is 2.29. The molecule has 1 aliphatic rings. The van der Waals surface area contributed by atoms with Crippen molar-refractivity contribution in [3.05, 3.63) is 87.2 Å². The van der Waals surface area contributed by atoms with Gasteiger partial charge in [0.25, 0.3) is 11.7 Å². The van der Waals surface area contributed by atoms with Crippen molar-refractivity contribution in [3.8, 4) is 0 Å². The molecule has 0 radical (unpaired) electrons. The summed E-state index contributed by atoms with van der Waals surface area (Å²) in [6, 6.07) is 15.3. The van der Waals surface area contributed by atoms with Gasteiger partial charge in [0.05, 0.1) is 5.56 Å². The van der Waals surface area contributed by atoms with Gasteiger partial charge in [-0.1, -0.05) is 48.7 Å². The molecular formula is C27H29ClN2O2. The summed E-state index contributed by atoms with van der Waals surface area (Å²) >= 11 is 6.06. The SMILES string of the molecule is Cc1cccc(NC(=O)C(=O)c2c3c(n(Cc4ccc(Cl)cc4)c2C)CCCCCC3)c1. The lowest BCUT2D eigenvalue weighted by Gasteiger charge is -2.15. The van der Waals surface area contributed by atoms with Crippen LogP contribution in [-0.2, 0) is 24.2 Å². The molecule has 0 aliphatic heterocycles. The molecule has 0 atom stereocenters. The number of fused-ring (bicyclic) bond motifs is 1. The third kappa shape index (κ3) is 4.81. The molecule has 4 nitrogen and oxygen atoms in total. The quantitative estimate of drug-likeness (QED) is 0.368. The van der Waals surface area contributed by atoms with Crippen molar-refractivity contribution in [1.82, 2.24) is 4.57 Å². The lowest BCUT2D eigenvalue weighted by Crippen LogP contribution is -2.24. The number of anilines is 1. The molecule has 1 N–H and O–H groups in total. The highest BCUT2D eigenvalue weighted by Crippen LogP contribution is 2.30. The Hall–Kier alpha value is -2.85. The number of nitrogens with one attached hydrogen (secondary N) is 1. The van der Waals surface area contributed by atoms with Crippen LogP contribution in [0.3, 0.4) is 0 Å². The number of aromatic nitrogens is 1. The van der Waals surface area contributed by atoms with E-state index in [0.717, 1.165) is 54.5 Å². The van der Waals surface area contributed by atoms with E-state index in [1.165, 1.54) is 12.1 Å². The van der Waals surface area contributed by atoms with E-state index in [-0.39, 0.29) is 0 Å². The summed E-state index contributed by atoms with van der Waals surface area (Å²) in [5.41, 5.74) is 6.51. The minimum atomic E-state index is -0.577. The molecule has 0 fully saturated rings. The second-order valence-electron chi connectivity index (χ2n) is 8.67. The number of amides is 1. The van der Waals surface area contributed by atoms with E-state index in [0.29, 0.717) is 22.8 Å². The number of hydrogen-bond acceptors (Lipinski definition) is 2. The topological polar surface area (TPSA) is 51.1 Å². The second kappa shape index (κ2) is 9.74. The summed E-state index contributed by atoms with van der Waals surface area (Å²) in [7, 11) is 0. The summed E-state index contributed by atoms with van der Waals surface area (Å²) < 4.78 is 2.23. The molecule has 32 heavy (non-hydrogen) atoms. The number of nitrogens with zero attached hydrogens (tertiary/aromatic N) is 1. The largest absolute Gasteiger partial charge is 0.343 e. The van der Waals surface area contributed by atoms with Crippen molar-refractivity contribution >= 4 is 29.0 Å². The maximum Gasteiger partial charge on any atom is 0.296 e. The van der Waals surface area contributed by atoms with E-state index in [1.807, 2.05) is 56.3 Å².